The predicted molar refractivity (Wildman–Crippen MR) is 64.5 cm³/mol. The van der Waals surface area contributed by atoms with E-state index < -0.39 is 11.9 Å². The number of carbonyl (C=O) groups is 3. The topological polar surface area (TPSA) is 78.5 Å². The van der Waals surface area contributed by atoms with E-state index in [0.717, 1.165) is 12.8 Å². The molecule has 2 N–H and O–H groups in total. The molecule has 3 amide bonds. The number of piperazine rings is 1. The molecule has 0 aromatic rings. The maximum absolute atomic E-state index is 12.2. The first-order valence-corrected chi connectivity index (χ1v) is 6.25. The van der Waals surface area contributed by atoms with Gasteiger partial charge in [0.15, 0.2) is 6.04 Å². The number of nitrogens with zero attached hydrogens (tertiary/aromatic N) is 1. The van der Waals surface area contributed by atoms with Gasteiger partial charge in [0, 0.05) is 13.1 Å². The Morgan fingerprint density at radius 1 is 1.28 bits per heavy atom. The predicted octanol–water partition coefficient (Wildman–Crippen LogP) is -0.750. The number of amides is 3. The summed E-state index contributed by atoms with van der Waals surface area (Å²) in [5.41, 5.74) is 0.245. The lowest BCUT2D eigenvalue weighted by Gasteiger charge is -2.38. The number of piperidine rings is 1. The van der Waals surface area contributed by atoms with Gasteiger partial charge in [-0.2, -0.15) is 0 Å². The van der Waals surface area contributed by atoms with Crippen molar-refractivity contribution in [1.29, 1.82) is 0 Å². The van der Waals surface area contributed by atoms with E-state index in [1.807, 2.05) is 0 Å². The molecule has 6 heteroatoms. The van der Waals surface area contributed by atoms with Crippen molar-refractivity contribution in [2.45, 2.75) is 32.7 Å². The SMILES string of the molecule is CC1(C)CCN(C(=O)[C@@H]2NC(=O)CNC2=O)CC1. The smallest absolute Gasteiger partial charge is 0.254 e. The Bertz CT molecular complexity index is 382. The molecule has 2 fully saturated rings. The second-order valence-electron chi connectivity index (χ2n) is 5.71. The van der Waals surface area contributed by atoms with Gasteiger partial charge >= 0.3 is 0 Å². The molecule has 2 aliphatic rings. The van der Waals surface area contributed by atoms with E-state index in [0.29, 0.717) is 13.1 Å². The highest BCUT2D eigenvalue weighted by Crippen LogP contribution is 2.29. The molecule has 1 atom stereocenters. The first-order chi connectivity index (χ1) is 8.39. The van der Waals surface area contributed by atoms with Gasteiger partial charge in [0.1, 0.15) is 0 Å². The molecule has 6 nitrogen and oxygen atoms in total. The van der Waals surface area contributed by atoms with Crippen molar-refractivity contribution in [3.63, 3.8) is 0 Å². The molecular formula is C12H19N3O3. The van der Waals surface area contributed by atoms with Crippen molar-refractivity contribution >= 4 is 17.7 Å². The van der Waals surface area contributed by atoms with Gasteiger partial charge in [-0.1, -0.05) is 13.8 Å². The molecule has 0 radical (unpaired) electrons. The Labute approximate surface area is 106 Å². The Hall–Kier alpha value is -1.59. The van der Waals surface area contributed by atoms with Crippen LogP contribution in [0, 0.1) is 5.41 Å². The van der Waals surface area contributed by atoms with Crippen LogP contribution in [-0.4, -0.2) is 48.3 Å². The van der Waals surface area contributed by atoms with Crippen LogP contribution in [0.5, 0.6) is 0 Å². The van der Waals surface area contributed by atoms with E-state index in [-0.39, 0.29) is 23.8 Å². The average Bonchev–Trinajstić information content (AvgIpc) is 2.31. The second kappa shape index (κ2) is 4.59. The Morgan fingerprint density at radius 2 is 1.89 bits per heavy atom. The molecule has 2 saturated heterocycles. The third-order valence-electron chi connectivity index (χ3n) is 3.67. The highest BCUT2D eigenvalue weighted by molar-refractivity contribution is 6.09. The number of hydrogen-bond acceptors (Lipinski definition) is 3. The molecule has 0 saturated carbocycles. The molecule has 100 valence electrons. The molecule has 0 aliphatic carbocycles. The van der Waals surface area contributed by atoms with Gasteiger partial charge in [0.05, 0.1) is 6.54 Å². The summed E-state index contributed by atoms with van der Waals surface area (Å²) in [6, 6.07) is -1.05. The average molecular weight is 253 g/mol. The van der Waals surface area contributed by atoms with Crippen LogP contribution >= 0.6 is 0 Å². The van der Waals surface area contributed by atoms with Crippen molar-refractivity contribution < 1.29 is 14.4 Å². The summed E-state index contributed by atoms with van der Waals surface area (Å²) in [6.07, 6.45) is 1.84. The van der Waals surface area contributed by atoms with E-state index in [9.17, 15) is 14.4 Å². The zero-order valence-electron chi connectivity index (χ0n) is 10.8. The van der Waals surface area contributed by atoms with Gasteiger partial charge in [-0.25, -0.2) is 0 Å². The maximum Gasteiger partial charge on any atom is 0.254 e. The molecule has 0 spiro atoms. The van der Waals surface area contributed by atoms with E-state index in [1.54, 1.807) is 4.90 Å². The number of rotatable bonds is 1. The van der Waals surface area contributed by atoms with Crippen LogP contribution in [0.1, 0.15) is 26.7 Å². The van der Waals surface area contributed by atoms with Gasteiger partial charge in [-0.3, -0.25) is 14.4 Å². The van der Waals surface area contributed by atoms with Crippen molar-refractivity contribution in [3.8, 4) is 0 Å². The summed E-state index contributed by atoms with van der Waals surface area (Å²) in [7, 11) is 0. The molecule has 18 heavy (non-hydrogen) atoms. The van der Waals surface area contributed by atoms with Crippen molar-refractivity contribution in [1.82, 2.24) is 15.5 Å². The first kappa shape index (κ1) is 12.9. The fourth-order valence-electron chi connectivity index (χ4n) is 2.24. The summed E-state index contributed by atoms with van der Waals surface area (Å²) in [6.45, 7) is 5.58. The van der Waals surface area contributed by atoms with Crippen LogP contribution in [-0.2, 0) is 14.4 Å². The van der Waals surface area contributed by atoms with Crippen LogP contribution in [0.2, 0.25) is 0 Å². The minimum Gasteiger partial charge on any atom is -0.345 e. The molecule has 2 aliphatic heterocycles. The first-order valence-electron chi connectivity index (χ1n) is 6.25. The van der Waals surface area contributed by atoms with Crippen molar-refractivity contribution in [3.05, 3.63) is 0 Å². The lowest BCUT2D eigenvalue weighted by atomic mass is 9.82. The van der Waals surface area contributed by atoms with Gasteiger partial charge < -0.3 is 15.5 Å². The van der Waals surface area contributed by atoms with E-state index >= 15 is 0 Å². The van der Waals surface area contributed by atoms with Gasteiger partial charge in [0.2, 0.25) is 5.91 Å². The van der Waals surface area contributed by atoms with Crippen LogP contribution in [0.15, 0.2) is 0 Å². The summed E-state index contributed by atoms with van der Waals surface area (Å²) in [4.78, 5) is 36.6. The standard InChI is InChI=1S/C12H19N3O3/c1-12(2)3-5-15(6-4-12)11(18)9-10(17)13-7-8(16)14-9/h9H,3-7H2,1-2H3,(H,13,17)(H,14,16)/t9-/m1/s1. The summed E-state index contributed by atoms with van der Waals surface area (Å²) in [5, 5.41) is 4.86. The molecule has 2 heterocycles. The summed E-state index contributed by atoms with van der Waals surface area (Å²) in [5.74, 6) is -1.02. The van der Waals surface area contributed by atoms with E-state index in [1.165, 1.54) is 0 Å². The Kier molecular flexibility index (Phi) is 3.28. The monoisotopic (exact) mass is 253 g/mol. The van der Waals surface area contributed by atoms with E-state index in [2.05, 4.69) is 24.5 Å². The Balaban J connectivity index is 1.99. The summed E-state index contributed by atoms with van der Waals surface area (Å²) >= 11 is 0. The van der Waals surface area contributed by atoms with E-state index in [4.69, 9.17) is 0 Å². The van der Waals surface area contributed by atoms with Gasteiger partial charge in [-0.05, 0) is 18.3 Å². The normalized spacial score (nSPS) is 27.4. The third-order valence-corrected chi connectivity index (χ3v) is 3.67. The lowest BCUT2D eigenvalue weighted by Crippen LogP contribution is -2.63. The van der Waals surface area contributed by atoms with Crippen LogP contribution in [0.25, 0.3) is 0 Å². The number of carbonyl (C=O) groups excluding carboxylic acids is 3. The molecule has 0 aromatic carbocycles. The minimum absolute atomic E-state index is 0.0460. The lowest BCUT2D eigenvalue weighted by molar-refractivity contribution is -0.145. The molecule has 0 bridgehead atoms. The van der Waals surface area contributed by atoms with Crippen LogP contribution in [0.4, 0.5) is 0 Å². The van der Waals surface area contributed by atoms with Gasteiger partial charge in [0.25, 0.3) is 11.8 Å². The fourth-order valence-corrected chi connectivity index (χ4v) is 2.24. The van der Waals surface area contributed by atoms with Crippen LogP contribution < -0.4 is 10.6 Å². The Morgan fingerprint density at radius 3 is 2.50 bits per heavy atom. The van der Waals surface area contributed by atoms with Crippen molar-refractivity contribution in [2.24, 2.45) is 5.41 Å². The number of nitrogens with one attached hydrogen (secondary N) is 2. The highest BCUT2D eigenvalue weighted by Gasteiger charge is 2.37. The number of likely N-dealkylation sites (tertiary alicyclic amines) is 1. The zero-order valence-corrected chi connectivity index (χ0v) is 10.8. The second-order valence-corrected chi connectivity index (χ2v) is 5.71. The highest BCUT2D eigenvalue weighted by atomic mass is 16.2. The minimum atomic E-state index is -1.05. The van der Waals surface area contributed by atoms with Crippen molar-refractivity contribution in [2.75, 3.05) is 19.6 Å². The molecular weight excluding hydrogens is 234 g/mol. The zero-order chi connectivity index (χ0) is 13.3. The molecule has 0 unspecified atom stereocenters. The van der Waals surface area contributed by atoms with Gasteiger partial charge in [-0.15, -0.1) is 0 Å². The largest absolute Gasteiger partial charge is 0.345 e. The maximum atomic E-state index is 12.2. The number of hydrogen-bond donors (Lipinski definition) is 2. The quantitative estimate of drug-likeness (QED) is 0.604. The summed E-state index contributed by atoms with van der Waals surface area (Å²) < 4.78 is 0. The van der Waals surface area contributed by atoms with Crippen LogP contribution in [0.3, 0.4) is 0 Å². The fraction of sp³-hybridized carbons (Fsp3) is 0.750. The molecule has 0 aromatic heterocycles. The molecule has 2 rings (SSSR count). The third kappa shape index (κ3) is 2.63.